The fourth-order valence-electron chi connectivity index (χ4n) is 0.707. The molecule has 1 rings (SSSR count). The van der Waals surface area contributed by atoms with Crippen LogP contribution in [0.5, 0.6) is 0 Å². The van der Waals surface area contributed by atoms with Crippen LogP contribution >= 0.6 is 7.60 Å². The van der Waals surface area contributed by atoms with Crippen LogP contribution in [0.3, 0.4) is 0 Å². The SMILES string of the molecule is O=P(O)(O)c1cc(F)cc(F)c1. The van der Waals surface area contributed by atoms with E-state index in [1.54, 1.807) is 0 Å². The third-order valence-corrected chi connectivity index (χ3v) is 2.11. The molecule has 0 aliphatic rings. The van der Waals surface area contributed by atoms with Crippen molar-refractivity contribution in [3.8, 4) is 0 Å². The molecule has 0 saturated heterocycles. The van der Waals surface area contributed by atoms with E-state index in [1.807, 2.05) is 0 Å². The average molecular weight is 194 g/mol. The third-order valence-electron chi connectivity index (χ3n) is 1.18. The van der Waals surface area contributed by atoms with E-state index in [9.17, 15) is 13.3 Å². The van der Waals surface area contributed by atoms with Crippen LogP contribution in [0.4, 0.5) is 8.78 Å². The van der Waals surface area contributed by atoms with Gasteiger partial charge in [0.1, 0.15) is 11.6 Å². The highest BCUT2D eigenvalue weighted by atomic mass is 31.2. The summed E-state index contributed by atoms with van der Waals surface area (Å²) in [5.74, 6) is -2.01. The fourth-order valence-corrected chi connectivity index (χ4v) is 1.29. The van der Waals surface area contributed by atoms with Crippen LogP contribution in [0.2, 0.25) is 0 Å². The van der Waals surface area contributed by atoms with Gasteiger partial charge in [-0.1, -0.05) is 0 Å². The Hall–Kier alpha value is -0.770. The normalized spacial score (nSPS) is 11.7. The maximum atomic E-state index is 12.4. The smallest absolute Gasteiger partial charge is 0.321 e. The Bertz CT molecular complexity index is 326. The summed E-state index contributed by atoms with van der Waals surface area (Å²) in [6.45, 7) is 0. The zero-order valence-electron chi connectivity index (χ0n) is 5.74. The quantitative estimate of drug-likeness (QED) is 0.649. The number of benzene rings is 1. The third kappa shape index (κ3) is 2.11. The van der Waals surface area contributed by atoms with E-state index in [-0.39, 0.29) is 0 Å². The molecule has 0 unspecified atom stereocenters. The van der Waals surface area contributed by atoms with Crippen LogP contribution in [0, 0.1) is 11.6 Å². The van der Waals surface area contributed by atoms with Gasteiger partial charge in [-0.2, -0.15) is 0 Å². The van der Waals surface area contributed by atoms with Gasteiger partial charge in [-0.3, -0.25) is 4.57 Å². The minimum Gasteiger partial charge on any atom is -0.321 e. The first kappa shape index (κ1) is 9.32. The van der Waals surface area contributed by atoms with Gasteiger partial charge in [0.25, 0.3) is 0 Å². The molecule has 1 aromatic carbocycles. The lowest BCUT2D eigenvalue weighted by molar-refractivity contribution is 0.387. The lowest BCUT2D eigenvalue weighted by atomic mass is 10.3. The summed E-state index contributed by atoms with van der Waals surface area (Å²) >= 11 is 0. The maximum Gasteiger partial charge on any atom is 0.356 e. The van der Waals surface area contributed by atoms with Gasteiger partial charge in [0.15, 0.2) is 0 Å². The van der Waals surface area contributed by atoms with Crippen molar-refractivity contribution < 1.29 is 23.1 Å². The standard InChI is InChI=1S/C6H5F2O3P/c7-4-1-5(8)3-6(2-4)12(9,10)11/h1-3H,(H2,9,10,11). The maximum absolute atomic E-state index is 12.4. The van der Waals surface area contributed by atoms with E-state index in [0.29, 0.717) is 18.2 Å². The highest BCUT2D eigenvalue weighted by molar-refractivity contribution is 7.60. The molecule has 2 N–H and O–H groups in total. The molecule has 66 valence electrons. The van der Waals surface area contributed by atoms with Crippen molar-refractivity contribution in [2.45, 2.75) is 0 Å². The first-order chi connectivity index (χ1) is 5.39. The second-order valence-corrected chi connectivity index (χ2v) is 3.78. The summed E-state index contributed by atoms with van der Waals surface area (Å²) in [7, 11) is -4.55. The summed E-state index contributed by atoms with van der Waals surface area (Å²) in [6.07, 6.45) is 0. The predicted octanol–water partition coefficient (Wildman–Crippen LogP) is 0.768. The van der Waals surface area contributed by atoms with Crippen LogP contribution in [0.15, 0.2) is 18.2 Å². The molecule has 1 aromatic rings. The summed E-state index contributed by atoms with van der Waals surface area (Å²) in [4.78, 5) is 17.0. The van der Waals surface area contributed by atoms with Crippen molar-refractivity contribution in [1.29, 1.82) is 0 Å². The highest BCUT2D eigenvalue weighted by Gasteiger charge is 2.18. The summed E-state index contributed by atoms with van der Waals surface area (Å²) in [5, 5.41) is -0.653. The lowest BCUT2D eigenvalue weighted by Crippen LogP contribution is -2.05. The minimum absolute atomic E-state index is 0.541. The van der Waals surface area contributed by atoms with E-state index in [2.05, 4.69) is 0 Å². The van der Waals surface area contributed by atoms with E-state index >= 15 is 0 Å². The molecule has 0 atom stereocenters. The van der Waals surface area contributed by atoms with Crippen molar-refractivity contribution >= 4 is 12.9 Å². The van der Waals surface area contributed by atoms with Crippen LogP contribution in [0.25, 0.3) is 0 Å². The van der Waals surface area contributed by atoms with Gasteiger partial charge in [-0.25, -0.2) is 8.78 Å². The fraction of sp³-hybridized carbons (Fsp3) is 0. The molecule has 0 heterocycles. The van der Waals surface area contributed by atoms with Gasteiger partial charge < -0.3 is 9.79 Å². The molecule has 0 fully saturated rings. The Morgan fingerprint density at radius 2 is 1.50 bits per heavy atom. The number of halogens is 2. The molecule has 0 saturated carbocycles. The number of rotatable bonds is 1. The lowest BCUT2D eigenvalue weighted by Gasteiger charge is -2.02. The number of hydrogen-bond donors (Lipinski definition) is 2. The van der Waals surface area contributed by atoms with Crippen molar-refractivity contribution in [3.05, 3.63) is 29.8 Å². The molecule has 0 aliphatic heterocycles. The summed E-state index contributed by atoms with van der Waals surface area (Å²) in [5.41, 5.74) is 0. The van der Waals surface area contributed by atoms with Crippen LogP contribution in [-0.4, -0.2) is 9.79 Å². The topological polar surface area (TPSA) is 57.5 Å². The van der Waals surface area contributed by atoms with Gasteiger partial charge in [0, 0.05) is 6.07 Å². The van der Waals surface area contributed by atoms with Gasteiger partial charge in [-0.05, 0) is 12.1 Å². The van der Waals surface area contributed by atoms with Gasteiger partial charge in [0.2, 0.25) is 0 Å². The molecule has 0 radical (unpaired) electrons. The van der Waals surface area contributed by atoms with Crippen molar-refractivity contribution in [2.24, 2.45) is 0 Å². The molecular formula is C6H5F2O3P. The Labute approximate surface area is 66.8 Å². The van der Waals surface area contributed by atoms with E-state index < -0.39 is 24.5 Å². The van der Waals surface area contributed by atoms with Crippen LogP contribution < -0.4 is 5.30 Å². The van der Waals surface area contributed by atoms with Gasteiger partial charge >= 0.3 is 7.60 Å². The Morgan fingerprint density at radius 1 is 1.08 bits per heavy atom. The first-order valence-electron chi connectivity index (χ1n) is 2.92. The summed E-state index contributed by atoms with van der Waals surface area (Å²) in [6, 6.07) is 1.74. The van der Waals surface area contributed by atoms with Crippen molar-refractivity contribution in [2.75, 3.05) is 0 Å². The average Bonchev–Trinajstić information content (AvgIpc) is 1.82. The first-order valence-corrected chi connectivity index (χ1v) is 4.53. The molecule has 0 aromatic heterocycles. The zero-order valence-corrected chi connectivity index (χ0v) is 6.63. The largest absolute Gasteiger partial charge is 0.356 e. The molecule has 6 heteroatoms. The van der Waals surface area contributed by atoms with Gasteiger partial charge in [-0.15, -0.1) is 0 Å². The van der Waals surface area contributed by atoms with E-state index in [0.717, 1.165) is 0 Å². The number of hydrogen-bond acceptors (Lipinski definition) is 1. The highest BCUT2D eigenvalue weighted by Crippen LogP contribution is 2.33. The summed E-state index contributed by atoms with van der Waals surface area (Å²) < 4.78 is 35.2. The Kier molecular flexibility index (Phi) is 2.28. The Balaban J connectivity index is 3.27. The molecular weight excluding hydrogens is 189 g/mol. The molecule has 0 amide bonds. The Morgan fingerprint density at radius 3 is 1.83 bits per heavy atom. The van der Waals surface area contributed by atoms with Crippen LogP contribution in [-0.2, 0) is 4.57 Å². The van der Waals surface area contributed by atoms with Gasteiger partial charge in [0.05, 0.1) is 5.30 Å². The van der Waals surface area contributed by atoms with E-state index in [4.69, 9.17) is 9.79 Å². The minimum atomic E-state index is -4.55. The molecule has 12 heavy (non-hydrogen) atoms. The monoisotopic (exact) mass is 194 g/mol. The zero-order chi connectivity index (χ0) is 9.35. The molecule has 3 nitrogen and oxygen atoms in total. The predicted molar refractivity (Wildman–Crippen MR) is 38.0 cm³/mol. The molecule has 0 bridgehead atoms. The van der Waals surface area contributed by atoms with Crippen LogP contribution in [0.1, 0.15) is 0 Å². The molecule has 0 aliphatic carbocycles. The van der Waals surface area contributed by atoms with Crippen molar-refractivity contribution in [3.63, 3.8) is 0 Å². The van der Waals surface area contributed by atoms with E-state index in [1.165, 1.54) is 0 Å². The molecule has 0 spiro atoms. The second-order valence-electron chi connectivity index (χ2n) is 2.17. The second kappa shape index (κ2) is 2.94. The van der Waals surface area contributed by atoms with Crippen molar-refractivity contribution in [1.82, 2.24) is 0 Å².